The highest BCUT2D eigenvalue weighted by atomic mass is 16.5. The normalized spacial score (nSPS) is 24.1. The van der Waals surface area contributed by atoms with E-state index in [0.717, 1.165) is 12.0 Å². The monoisotopic (exact) mass is 424 g/mol. The molecular formula is C24H32N4O3. The molecule has 3 unspecified atom stereocenters. The van der Waals surface area contributed by atoms with Gasteiger partial charge in [0.2, 0.25) is 23.5 Å². The maximum absolute atomic E-state index is 12.7. The Hall–Kier alpha value is -2.70. The number of nitrogens with zero attached hydrogens (tertiary/aromatic N) is 2. The first kappa shape index (κ1) is 21.5. The summed E-state index contributed by atoms with van der Waals surface area (Å²) in [6, 6.07) is 9.48. The first-order valence-electron chi connectivity index (χ1n) is 11.5. The van der Waals surface area contributed by atoms with Crippen LogP contribution in [0.5, 0.6) is 0 Å². The number of carbonyl (C=O) groups is 2. The lowest BCUT2D eigenvalue weighted by Crippen LogP contribution is -2.37. The molecule has 0 bridgehead atoms. The molecule has 0 saturated heterocycles. The number of benzene rings is 1. The van der Waals surface area contributed by atoms with E-state index in [4.69, 9.17) is 4.52 Å². The molecule has 0 spiro atoms. The van der Waals surface area contributed by atoms with Gasteiger partial charge in [-0.15, -0.1) is 0 Å². The second-order valence-electron chi connectivity index (χ2n) is 8.93. The van der Waals surface area contributed by atoms with Gasteiger partial charge in [0.1, 0.15) is 0 Å². The van der Waals surface area contributed by atoms with Gasteiger partial charge < -0.3 is 15.2 Å². The molecule has 31 heavy (non-hydrogen) atoms. The van der Waals surface area contributed by atoms with Gasteiger partial charge in [-0.25, -0.2) is 0 Å². The molecule has 2 aliphatic carbocycles. The van der Waals surface area contributed by atoms with Gasteiger partial charge in [-0.2, -0.15) is 4.98 Å². The van der Waals surface area contributed by atoms with Gasteiger partial charge in [0.05, 0.1) is 5.92 Å². The molecule has 1 aromatic heterocycles. The van der Waals surface area contributed by atoms with Crippen molar-refractivity contribution in [3.05, 3.63) is 36.2 Å². The Labute approximate surface area is 183 Å². The summed E-state index contributed by atoms with van der Waals surface area (Å²) in [5, 5.41) is 10.0. The van der Waals surface area contributed by atoms with Crippen LogP contribution in [0.15, 0.2) is 34.9 Å². The number of carbonyl (C=O) groups excluding carboxylic acids is 2. The van der Waals surface area contributed by atoms with Crippen molar-refractivity contribution < 1.29 is 14.1 Å². The van der Waals surface area contributed by atoms with Gasteiger partial charge in [0.15, 0.2) is 0 Å². The number of aromatic nitrogens is 2. The van der Waals surface area contributed by atoms with Crippen LogP contribution < -0.4 is 10.6 Å². The molecule has 2 aromatic rings. The van der Waals surface area contributed by atoms with Crippen LogP contribution in [0, 0.1) is 11.8 Å². The molecule has 1 heterocycles. The van der Waals surface area contributed by atoms with Crippen LogP contribution in [0.1, 0.15) is 69.6 Å². The molecule has 2 aliphatic rings. The highest BCUT2D eigenvalue weighted by Crippen LogP contribution is 2.39. The van der Waals surface area contributed by atoms with Crippen molar-refractivity contribution >= 4 is 11.8 Å². The van der Waals surface area contributed by atoms with E-state index < -0.39 is 0 Å². The summed E-state index contributed by atoms with van der Waals surface area (Å²) in [6.45, 7) is 0. The maximum Gasteiger partial charge on any atom is 0.232 e. The summed E-state index contributed by atoms with van der Waals surface area (Å²) >= 11 is 0. The van der Waals surface area contributed by atoms with Crippen LogP contribution in [0.3, 0.4) is 0 Å². The Morgan fingerprint density at radius 2 is 1.87 bits per heavy atom. The molecular weight excluding hydrogens is 392 g/mol. The lowest BCUT2D eigenvalue weighted by Gasteiger charge is -2.22. The Balaban J connectivity index is 1.43. The molecule has 166 valence electrons. The third-order valence-corrected chi connectivity index (χ3v) is 6.82. The van der Waals surface area contributed by atoms with E-state index in [2.05, 4.69) is 20.8 Å². The van der Waals surface area contributed by atoms with Crippen LogP contribution in [-0.2, 0) is 9.59 Å². The van der Waals surface area contributed by atoms with Crippen molar-refractivity contribution in [2.24, 2.45) is 11.8 Å². The number of rotatable bonds is 7. The molecule has 1 aromatic carbocycles. The first-order valence-corrected chi connectivity index (χ1v) is 11.5. The average molecular weight is 425 g/mol. The van der Waals surface area contributed by atoms with Gasteiger partial charge in [0.25, 0.3) is 0 Å². The Morgan fingerprint density at radius 1 is 1.10 bits per heavy atom. The highest BCUT2D eigenvalue weighted by Gasteiger charge is 2.42. The van der Waals surface area contributed by atoms with Gasteiger partial charge in [0, 0.05) is 31.0 Å². The van der Waals surface area contributed by atoms with Gasteiger partial charge in [-0.3, -0.25) is 9.59 Å². The van der Waals surface area contributed by atoms with E-state index in [-0.39, 0.29) is 29.7 Å². The number of hydrogen-bond acceptors (Lipinski definition) is 5. The second-order valence-corrected chi connectivity index (χ2v) is 8.93. The summed E-state index contributed by atoms with van der Waals surface area (Å²) in [5.74, 6) is 1.40. The standard InChI is InChI=1S/C24H32N4O3/c1-25-23(30)18-14-19(24-27-22(28-31-24)17-10-6-3-7-11-17)20(15-18)26-21(29)13-12-16-8-4-2-5-9-16/h3,6-7,10-11,16,18-20H,2,4-5,8-9,12-15H2,1H3,(H,25,30)(H,26,29). The SMILES string of the molecule is CNC(=O)C1CC(NC(=O)CCC2CCCCC2)C(c2nc(-c3ccccc3)no2)C1. The van der Waals surface area contributed by atoms with Crippen LogP contribution >= 0.6 is 0 Å². The zero-order chi connectivity index (χ0) is 21.6. The Bertz CT molecular complexity index is 876. The molecule has 3 atom stereocenters. The predicted molar refractivity (Wildman–Crippen MR) is 117 cm³/mol. The molecule has 7 nitrogen and oxygen atoms in total. The van der Waals surface area contributed by atoms with E-state index in [0.29, 0.717) is 36.9 Å². The van der Waals surface area contributed by atoms with E-state index in [1.807, 2.05) is 30.3 Å². The van der Waals surface area contributed by atoms with E-state index in [1.54, 1.807) is 7.05 Å². The molecule has 4 rings (SSSR count). The molecule has 7 heteroatoms. The Morgan fingerprint density at radius 3 is 2.61 bits per heavy atom. The van der Waals surface area contributed by atoms with Crippen molar-refractivity contribution in [1.82, 2.24) is 20.8 Å². The van der Waals surface area contributed by atoms with Crippen molar-refractivity contribution in [3.63, 3.8) is 0 Å². The molecule has 2 N–H and O–H groups in total. The summed E-state index contributed by atoms with van der Waals surface area (Å²) in [7, 11) is 1.65. The first-order chi connectivity index (χ1) is 15.1. The Kier molecular flexibility index (Phi) is 6.99. The number of amides is 2. The fourth-order valence-electron chi connectivity index (χ4n) is 5.07. The molecule has 2 amide bonds. The number of hydrogen-bond donors (Lipinski definition) is 2. The molecule has 0 aliphatic heterocycles. The van der Waals surface area contributed by atoms with Crippen molar-refractivity contribution in [1.29, 1.82) is 0 Å². The smallest absolute Gasteiger partial charge is 0.232 e. The number of nitrogens with one attached hydrogen (secondary N) is 2. The van der Waals surface area contributed by atoms with Crippen molar-refractivity contribution in [3.8, 4) is 11.4 Å². The minimum atomic E-state index is -0.176. The molecule has 0 radical (unpaired) electrons. The fraction of sp³-hybridized carbons (Fsp3) is 0.583. The van der Waals surface area contributed by atoms with Crippen LogP contribution in [0.2, 0.25) is 0 Å². The minimum absolute atomic E-state index is 0.00764. The topological polar surface area (TPSA) is 97.1 Å². The maximum atomic E-state index is 12.7. The van der Waals surface area contributed by atoms with Crippen molar-refractivity contribution in [2.75, 3.05) is 7.05 Å². The van der Waals surface area contributed by atoms with Crippen LogP contribution in [0.4, 0.5) is 0 Å². The van der Waals surface area contributed by atoms with E-state index in [1.165, 1.54) is 32.1 Å². The second kappa shape index (κ2) is 10.1. The predicted octanol–water partition coefficient (Wildman–Crippen LogP) is 3.82. The molecule has 2 fully saturated rings. The lowest BCUT2D eigenvalue weighted by atomic mass is 9.86. The zero-order valence-corrected chi connectivity index (χ0v) is 18.2. The van der Waals surface area contributed by atoms with Gasteiger partial charge in [-0.1, -0.05) is 67.6 Å². The average Bonchev–Trinajstić information content (AvgIpc) is 3.46. The fourth-order valence-corrected chi connectivity index (χ4v) is 5.07. The van der Waals surface area contributed by atoms with Crippen LogP contribution in [0.25, 0.3) is 11.4 Å². The zero-order valence-electron chi connectivity index (χ0n) is 18.2. The van der Waals surface area contributed by atoms with Crippen LogP contribution in [-0.4, -0.2) is 35.0 Å². The van der Waals surface area contributed by atoms with E-state index in [9.17, 15) is 9.59 Å². The third-order valence-electron chi connectivity index (χ3n) is 6.82. The third kappa shape index (κ3) is 5.32. The summed E-state index contributed by atoms with van der Waals surface area (Å²) < 4.78 is 5.59. The van der Waals surface area contributed by atoms with Gasteiger partial charge in [-0.05, 0) is 25.2 Å². The highest BCUT2D eigenvalue weighted by molar-refractivity contribution is 5.80. The van der Waals surface area contributed by atoms with E-state index >= 15 is 0 Å². The largest absolute Gasteiger partial charge is 0.359 e. The summed E-state index contributed by atoms with van der Waals surface area (Å²) in [4.78, 5) is 29.6. The summed E-state index contributed by atoms with van der Waals surface area (Å²) in [6.07, 6.45) is 9.02. The summed E-state index contributed by atoms with van der Waals surface area (Å²) in [5.41, 5.74) is 0.881. The molecule has 2 saturated carbocycles. The quantitative estimate of drug-likeness (QED) is 0.704. The van der Waals surface area contributed by atoms with Gasteiger partial charge >= 0.3 is 0 Å². The lowest BCUT2D eigenvalue weighted by molar-refractivity contribution is -0.125. The minimum Gasteiger partial charge on any atom is -0.359 e. The van der Waals surface area contributed by atoms with Crippen molar-refractivity contribution in [2.45, 2.75) is 69.7 Å².